The van der Waals surface area contributed by atoms with Crippen LogP contribution in [0.2, 0.25) is 0 Å². The summed E-state index contributed by atoms with van der Waals surface area (Å²) < 4.78 is 29.7. The molecule has 0 bridgehead atoms. The molecule has 0 aliphatic heterocycles. The van der Waals surface area contributed by atoms with Gasteiger partial charge >= 0.3 is 0 Å². The third-order valence-corrected chi connectivity index (χ3v) is 4.40. The lowest BCUT2D eigenvalue weighted by Crippen LogP contribution is -2.08. The second kappa shape index (κ2) is 5.81. The fourth-order valence-electron chi connectivity index (χ4n) is 3.24. The van der Waals surface area contributed by atoms with Crippen LogP contribution in [-0.4, -0.2) is 26.7 Å². The minimum absolute atomic E-state index is 0.393. The molecule has 0 aliphatic rings. The molecule has 0 spiro atoms. The second-order valence-corrected chi connectivity index (χ2v) is 5.94. The maximum atomic E-state index is 13.1. The van der Waals surface area contributed by atoms with Crippen LogP contribution in [0.1, 0.15) is 16.1 Å². The van der Waals surface area contributed by atoms with Crippen molar-refractivity contribution in [2.24, 2.45) is 0 Å². The number of fused-ring (bicyclic) bond motifs is 2. The summed E-state index contributed by atoms with van der Waals surface area (Å²) in [6, 6.07) is 12.7. The summed E-state index contributed by atoms with van der Waals surface area (Å²) in [7, 11) is 0. The highest BCUT2D eigenvalue weighted by atomic mass is 19.3. The highest BCUT2D eigenvalue weighted by molar-refractivity contribution is 5.87. The van der Waals surface area contributed by atoms with Gasteiger partial charge in [-0.1, -0.05) is 18.2 Å². The summed E-state index contributed by atoms with van der Waals surface area (Å²) in [4.78, 5) is 15.6. The van der Waals surface area contributed by atoms with Gasteiger partial charge in [-0.2, -0.15) is 0 Å². The zero-order chi connectivity index (χ0) is 17.6. The zero-order valence-electron chi connectivity index (χ0n) is 13.5. The van der Waals surface area contributed by atoms with Crippen molar-refractivity contribution in [3.63, 3.8) is 0 Å². The number of carbonyl (C=O) groups is 1. The minimum atomic E-state index is -2.46. The van der Waals surface area contributed by atoms with E-state index in [4.69, 9.17) is 0 Å². The molecular formula is C19H15F2N3O. The zero-order valence-corrected chi connectivity index (χ0v) is 13.5. The Hall–Kier alpha value is -3.02. The van der Waals surface area contributed by atoms with Gasteiger partial charge in [-0.05, 0) is 31.2 Å². The van der Waals surface area contributed by atoms with E-state index in [0.29, 0.717) is 22.6 Å². The minimum Gasteiger partial charge on any atom is -0.333 e. The summed E-state index contributed by atoms with van der Waals surface area (Å²) in [6.07, 6.45) is 0.0659. The molecule has 3 heterocycles. The van der Waals surface area contributed by atoms with E-state index in [0.717, 1.165) is 22.9 Å². The first-order valence-electron chi connectivity index (χ1n) is 7.89. The molecule has 4 aromatic rings. The predicted octanol–water partition coefficient (Wildman–Crippen LogP) is 4.34. The Morgan fingerprint density at radius 3 is 2.76 bits per heavy atom. The number of para-hydroxylation sites is 1. The third kappa shape index (κ3) is 2.50. The first-order valence-corrected chi connectivity index (χ1v) is 7.89. The van der Waals surface area contributed by atoms with Gasteiger partial charge in [0.25, 0.3) is 6.43 Å². The van der Waals surface area contributed by atoms with Gasteiger partial charge in [-0.3, -0.25) is 4.79 Å². The number of aromatic nitrogens is 3. The van der Waals surface area contributed by atoms with Crippen LogP contribution < -0.4 is 0 Å². The van der Waals surface area contributed by atoms with E-state index >= 15 is 0 Å². The van der Waals surface area contributed by atoms with Crippen LogP contribution in [0, 0.1) is 6.92 Å². The molecule has 4 rings (SSSR count). The average molecular weight is 339 g/mol. The number of nitrogens with zero attached hydrogens (tertiary/aromatic N) is 3. The van der Waals surface area contributed by atoms with Gasteiger partial charge in [0.1, 0.15) is 17.6 Å². The van der Waals surface area contributed by atoms with E-state index < -0.39 is 13.0 Å². The highest BCUT2D eigenvalue weighted by Gasteiger charge is 2.19. The van der Waals surface area contributed by atoms with E-state index in [2.05, 4.69) is 4.98 Å². The number of carbonyl (C=O) groups excluding carboxylic acids is 1. The molecule has 25 heavy (non-hydrogen) atoms. The topological polar surface area (TPSA) is 39.3 Å². The standard InChI is InChI=1S/C19H15F2N3O/c1-12-19(22-18-8-13(11-25)6-7-23(12)18)16-9-14-4-2-3-5-15(14)24(16)10-17(20)21/h2-9,11,17H,10H2,1H3. The Bertz CT molecular complexity index is 1090. The van der Waals surface area contributed by atoms with Gasteiger partial charge in [0.15, 0.2) is 0 Å². The fourth-order valence-corrected chi connectivity index (χ4v) is 3.24. The first-order chi connectivity index (χ1) is 12.1. The van der Waals surface area contributed by atoms with Crippen molar-refractivity contribution in [1.82, 2.24) is 14.0 Å². The van der Waals surface area contributed by atoms with Gasteiger partial charge in [-0.25, -0.2) is 13.8 Å². The highest BCUT2D eigenvalue weighted by Crippen LogP contribution is 2.31. The summed E-state index contributed by atoms with van der Waals surface area (Å²) in [5, 5.41) is 0.892. The Kier molecular flexibility index (Phi) is 3.60. The number of hydrogen-bond acceptors (Lipinski definition) is 2. The van der Waals surface area contributed by atoms with E-state index in [1.54, 1.807) is 22.9 Å². The Morgan fingerprint density at radius 2 is 2.00 bits per heavy atom. The summed E-state index contributed by atoms with van der Waals surface area (Å²) in [5.74, 6) is 0. The summed E-state index contributed by atoms with van der Waals surface area (Å²) in [5.41, 5.74) is 4.02. The molecule has 1 aromatic carbocycles. The Balaban J connectivity index is 1.99. The molecule has 4 nitrogen and oxygen atoms in total. The number of aldehydes is 1. The lowest BCUT2D eigenvalue weighted by Gasteiger charge is -2.09. The van der Waals surface area contributed by atoms with Crippen molar-refractivity contribution in [3.8, 4) is 11.4 Å². The molecule has 0 aliphatic carbocycles. The van der Waals surface area contributed by atoms with Gasteiger partial charge < -0.3 is 8.97 Å². The second-order valence-electron chi connectivity index (χ2n) is 5.94. The molecule has 6 heteroatoms. The van der Waals surface area contributed by atoms with Crippen LogP contribution in [0.4, 0.5) is 8.78 Å². The van der Waals surface area contributed by atoms with Crippen LogP contribution in [0.3, 0.4) is 0 Å². The van der Waals surface area contributed by atoms with Crippen molar-refractivity contribution < 1.29 is 13.6 Å². The Morgan fingerprint density at radius 1 is 1.20 bits per heavy atom. The normalized spacial score (nSPS) is 11.7. The largest absolute Gasteiger partial charge is 0.333 e. The fraction of sp³-hybridized carbons (Fsp3) is 0.158. The number of halogens is 2. The lowest BCUT2D eigenvalue weighted by atomic mass is 10.2. The van der Waals surface area contributed by atoms with Gasteiger partial charge in [0.2, 0.25) is 0 Å². The molecule has 0 N–H and O–H groups in total. The molecule has 0 radical (unpaired) electrons. The molecule has 126 valence electrons. The van der Waals surface area contributed by atoms with Crippen LogP contribution in [0.5, 0.6) is 0 Å². The van der Waals surface area contributed by atoms with Crippen LogP contribution in [0.25, 0.3) is 27.9 Å². The number of alkyl halides is 2. The number of rotatable bonds is 4. The lowest BCUT2D eigenvalue weighted by molar-refractivity contribution is 0.112. The molecule has 3 aromatic heterocycles. The first kappa shape index (κ1) is 15.5. The van der Waals surface area contributed by atoms with Crippen molar-refractivity contribution in [2.45, 2.75) is 19.9 Å². The number of hydrogen-bond donors (Lipinski definition) is 0. The van der Waals surface area contributed by atoms with E-state index in [1.165, 1.54) is 0 Å². The molecule has 0 atom stereocenters. The van der Waals surface area contributed by atoms with Crippen molar-refractivity contribution in [3.05, 3.63) is 59.9 Å². The van der Waals surface area contributed by atoms with E-state index in [1.807, 2.05) is 41.7 Å². The van der Waals surface area contributed by atoms with Crippen molar-refractivity contribution in [2.75, 3.05) is 0 Å². The Labute approximate surface area is 142 Å². The molecule has 0 saturated heterocycles. The predicted molar refractivity (Wildman–Crippen MR) is 92.3 cm³/mol. The number of imidazole rings is 1. The SMILES string of the molecule is Cc1c(-c2cc3ccccc3n2CC(F)F)nc2cc(C=O)ccn12. The summed E-state index contributed by atoms with van der Waals surface area (Å²) in [6.45, 7) is 1.50. The maximum Gasteiger partial charge on any atom is 0.256 e. The molecule has 0 saturated carbocycles. The smallest absolute Gasteiger partial charge is 0.256 e. The third-order valence-electron chi connectivity index (χ3n) is 4.40. The van der Waals surface area contributed by atoms with E-state index in [9.17, 15) is 13.6 Å². The van der Waals surface area contributed by atoms with Gasteiger partial charge in [0.05, 0.1) is 12.2 Å². The quantitative estimate of drug-likeness (QED) is 0.519. The van der Waals surface area contributed by atoms with Gasteiger partial charge in [0, 0.05) is 28.4 Å². The average Bonchev–Trinajstić information content (AvgIpc) is 3.12. The van der Waals surface area contributed by atoms with Crippen molar-refractivity contribution >= 4 is 22.8 Å². The van der Waals surface area contributed by atoms with Gasteiger partial charge in [-0.15, -0.1) is 0 Å². The maximum absolute atomic E-state index is 13.1. The van der Waals surface area contributed by atoms with Crippen molar-refractivity contribution in [1.29, 1.82) is 0 Å². The molecular weight excluding hydrogens is 324 g/mol. The van der Waals surface area contributed by atoms with E-state index in [-0.39, 0.29) is 0 Å². The molecule has 0 unspecified atom stereocenters. The van der Waals surface area contributed by atoms with Crippen LogP contribution in [0.15, 0.2) is 48.7 Å². The molecule has 0 amide bonds. The molecule has 0 fully saturated rings. The number of pyridine rings is 1. The number of benzene rings is 1. The van der Waals surface area contributed by atoms with Crippen LogP contribution in [-0.2, 0) is 6.54 Å². The van der Waals surface area contributed by atoms with Crippen LogP contribution >= 0.6 is 0 Å². The monoisotopic (exact) mass is 339 g/mol. The summed E-state index contributed by atoms with van der Waals surface area (Å²) >= 11 is 0. The number of aryl methyl sites for hydroxylation is 1.